The van der Waals surface area contributed by atoms with Gasteiger partial charge in [-0.25, -0.2) is 4.98 Å². The van der Waals surface area contributed by atoms with Crippen LogP contribution in [-0.4, -0.2) is 41.0 Å². The summed E-state index contributed by atoms with van der Waals surface area (Å²) in [4.78, 5) is 27.1. The van der Waals surface area contributed by atoms with Gasteiger partial charge in [0, 0.05) is 16.0 Å². The van der Waals surface area contributed by atoms with Gasteiger partial charge in [-0.1, -0.05) is 0 Å². The van der Waals surface area contributed by atoms with Gasteiger partial charge in [-0.05, 0) is 23.0 Å². The summed E-state index contributed by atoms with van der Waals surface area (Å²) in [5, 5.41) is 13.2. The van der Waals surface area contributed by atoms with Gasteiger partial charge in [0.15, 0.2) is 3.92 Å². The van der Waals surface area contributed by atoms with Crippen LogP contribution < -0.4 is 5.32 Å². The normalized spacial score (nSPS) is 12.1. The fourth-order valence-electron chi connectivity index (χ4n) is 1.26. The lowest BCUT2D eigenvalue weighted by molar-refractivity contribution is -0.487. The molecule has 1 aromatic rings. The summed E-state index contributed by atoms with van der Waals surface area (Å²) in [5.41, 5.74) is 0. The molecule has 0 aromatic carbocycles. The van der Waals surface area contributed by atoms with Gasteiger partial charge in [0.1, 0.15) is 6.17 Å². The molecule has 7 nitrogen and oxygen atoms in total. The van der Waals surface area contributed by atoms with Crippen LogP contribution in [-0.2, 0) is 11.3 Å². The van der Waals surface area contributed by atoms with Crippen LogP contribution in [0, 0.1) is 10.1 Å². The van der Waals surface area contributed by atoms with E-state index in [-0.39, 0.29) is 6.54 Å². The Bertz CT molecular complexity index is 400. The van der Waals surface area contributed by atoms with Crippen molar-refractivity contribution in [2.75, 3.05) is 13.6 Å². The van der Waals surface area contributed by atoms with E-state index >= 15 is 0 Å². The van der Waals surface area contributed by atoms with Crippen LogP contribution in [0.25, 0.3) is 0 Å². The van der Waals surface area contributed by atoms with E-state index in [1.165, 1.54) is 16.2 Å². The Hall–Kier alpha value is -1.06. The standard InChI is InChI=1S/C8H11BrN4O3S/c1-10-7(4-13(15)16)12(5-14)3-6-2-11-8(9)17-6/h2,5,7,10H,3-4H2,1H3. The molecule has 94 valence electrons. The molecular weight excluding hydrogens is 312 g/mol. The van der Waals surface area contributed by atoms with Crippen molar-refractivity contribution in [2.45, 2.75) is 12.7 Å². The third-order valence-corrected chi connectivity index (χ3v) is 3.52. The average molecular weight is 323 g/mol. The van der Waals surface area contributed by atoms with Crippen LogP contribution in [0.2, 0.25) is 0 Å². The van der Waals surface area contributed by atoms with E-state index in [9.17, 15) is 14.9 Å². The maximum Gasteiger partial charge on any atom is 0.237 e. The van der Waals surface area contributed by atoms with Gasteiger partial charge in [-0.15, -0.1) is 11.3 Å². The molecule has 17 heavy (non-hydrogen) atoms. The summed E-state index contributed by atoms with van der Waals surface area (Å²) in [5.74, 6) is 0. The quantitative estimate of drug-likeness (QED) is 0.345. The molecule has 1 atom stereocenters. The molecule has 1 amide bonds. The molecule has 0 radical (unpaired) electrons. The van der Waals surface area contributed by atoms with Crippen LogP contribution >= 0.6 is 27.3 Å². The first-order chi connectivity index (χ1) is 8.06. The van der Waals surface area contributed by atoms with Gasteiger partial charge in [0.05, 0.1) is 6.54 Å². The predicted octanol–water partition coefficient (Wildman–Crippen LogP) is 0.686. The molecule has 1 heterocycles. The van der Waals surface area contributed by atoms with Crippen molar-refractivity contribution in [3.05, 3.63) is 25.1 Å². The van der Waals surface area contributed by atoms with Gasteiger partial charge in [-0.2, -0.15) is 0 Å². The highest BCUT2D eigenvalue weighted by atomic mass is 79.9. The van der Waals surface area contributed by atoms with E-state index in [0.29, 0.717) is 16.9 Å². The number of likely N-dealkylation sites (N-methyl/N-ethyl adjacent to an activating group) is 1. The minimum Gasteiger partial charge on any atom is -0.318 e. The number of thiazole rings is 1. The molecule has 0 bridgehead atoms. The Morgan fingerprint density at radius 1 is 1.82 bits per heavy atom. The van der Waals surface area contributed by atoms with Crippen molar-refractivity contribution < 1.29 is 9.72 Å². The zero-order chi connectivity index (χ0) is 12.8. The molecule has 0 aliphatic heterocycles. The lowest BCUT2D eigenvalue weighted by Gasteiger charge is -2.23. The van der Waals surface area contributed by atoms with Gasteiger partial charge in [0.2, 0.25) is 13.0 Å². The van der Waals surface area contributed by atoms with Gasteiger partial charge in [-0.3, -0.25) is 20.2 Å². The SMILES string of the molecule is CNC(C[N+](=O)[O-])N(C=O)Cc1cnc(Br)s1. The maximum absolute atomic E-state index is 10.9. The Morgan fingerprint density at radius 2 is 2.53 bits per heavy atom. The number of rotatable bonds is 7. The molecule has 0 aliphatic carbocycles. The van der Waals surface area contributed by atoms with Gasteiger partial charge < -0.3 is 4.90 Å². The van der Waals surface area contributed by atoms with E-state index in [4.69, 9.17) is 0 Å². The zero-order valence-corrected chi connectivity index (χ0v) is 11.4. The zero-order valence-electron chi connectivity index (χ0n) is 9.00. The van der Waals surface area contributed by atoms with Gasteiger partial charge in [0.25, 0.3) is 0 Å². The summed E-state index contributed by atoms with van der Waals surface area (Å²) in [6.07, 6.45) is 1.60. The molecule has 1 N–H and O–H groups in total. The monoisotopic (exact) mass is 322 g/mol. The molecule has 1 unspecified atom stereocenters. The Balaban J connectivity index is 2.68. The number of halogens is 1. The molecule has 0 saturated heterocycles. The van der Waals surface area contributed by atoms with Crippen LogP contribution in [0.5, 0.6) is 0 Å². The third-order valence-electron chi connectivity index (χ3n) is 2.05. The second-order valence-electron chi connectivity index (χ2n) is 3.18. The third kappa shape index (κ3) is 4.36. The second-order valence-corrected chi connectivity index (χ2v) is 5.57. The topological polar surface area (TPSA) is 88.4 Å². The number of amides is 1. The minimum absolute atomic E-state index is 0.298. The molecule has 0 saturated carbocycles. The first kappa shape index (κ1) is 14.0. The Morgan fingerprint density at radius 3 is 2.94 bits per heavy atom. The van der Waals surface area contributed by atoms with Crippen molar-refractivity contribution in [3.63, 3.8) is 0 Å². The molecular formula is C8H11BrN4O3S. The van der Waals surface area contributed by atoms with Crippen molar-refractivity contribution in [1.29, 1.82) is 0 Å². The summed E-state index contributed by atoms with van der Waals surface area (Å²) in [7, 11) is 1.58. The lowest BCUT2D eigenvalue weighted by Crippen LogP contribution is -2.47. The summed E-state index contributed by atoms with van der Waals surface area (Å²) >= 11 is 4.60. The number of hydrogen-bond acceptors (Lipinski definition) is 6. The van der Waals surface area contributed by atoms with E-state index in [0.717, 1.165) is 4.88 Å². The molecule has 1 aromatic heterocycles. The highest BCUT2D eigenvalue weighted by molar-refractivity contribution is 9.11. The summed E-state index contributed by atoms with van der Waals surface area (Å²) in [6.45, 7) is -0.0404. The van der Waals surface area contributed by atoms with Crippen LogP contribution in [0.1, 0.15) is 4.88 Å². The minimum atomic E-state index is -0.622. The Kier molecular flexibility index (Phi) is 5.45. The highest BCUT2D eigenvalue weighted by Gasteiger charge is 2.21. The fraction of sp³-hybridized carbons (Fsp3) is 0.500. The van der Waals surface area contributed by atoms with Crippen molar-refractivity contribution in [3.8, 4) is 0 Å². The number of hydrogen-bond donors (Lipinski definition) is 1. The van der Waals surface area contributed by atoms with Crippen molar-refractivity contribution in [1.82, 2.24) is 15.2 Å². The number of nitro groups is 1. The Labute approximate surface area is 110 Å². The van der Waals surface area contributed by atoms with Gasteiger partial charge >= 0.3 is 0 Å². The first-order valence-corrected chi connectivity index (χ1v) is 6.28. The lowest BCUT2D eigenvalue weighted by atomic mass is 10.4. The van der Waals surface area contributed by atoms with Crippen LogP contribution in [0.4, 0.5) is 0 Å². The van der Waals surface area contributed by atoms with Crippen LogP contribution in [0.3, 0.4) is 0 Å². The van der Waals surface area contributed by atoms with Crippen LogP contribution in [0.15, 0.2) is 10.1 Å². The molecule has 0 aliphatic rings. The number of nitrogens with zero attached hydrogens (tertiary/aromatic N) is 3. The second kappa shape index (κ2) is 6.62. The number of aromatic nitrogens is 1. The predicted molar refractivity (Wildman–Crippen MR) is 66.1 cm³/mol. The number of carbonyl (C=O) groups is 1. The highest BCUT2D eigenvalue weighted by Crippen LogP contribution is 2.20. The van der Waals surface area contributed by atoms with Crippen molar-refractivity contribution >= 4 is 33.7 Å². The number of carbonyl (C=O) groups excluding carboxylic acids is 1. The largest absolute Gasteiger partial charge is 0.318 e. The van der Waals surface area contributed by atoms with Crippen molar-refractivity contribution in [2.24, 2.45) is 0 Å². The molecule has 9 heteroatoms. The maximum atomic E-state index is 10.9. The van der Waals surface area contributed by atoms with E-state index < -0.39 is 11.1 Å². The molecule has 0 spiro atoms. The summed E-state index contributed by atoms with van der Waals surface area (Å²) < 4.78 is 0.716. The average Bonchev–Trinajstić information content (AvgIpc) is 2.68. The first-order valence-electron chi connectivity index (χ1n) is 4.67. The molecule has 0 fully saturated rings. The summed E-state index contributed by atoms with van der Waals surface area (Å²) in [6, 6.07) is 0. The van der Waals surface area contributed by atoms with E-state index in [1.807, 2.05) is 0 Å². The number of nitrogens with one attached hydrogen (secondary N) is 1. The smallest absolute Gasteiger partial charge is 0.237 e. The fourth-order valence-corrected chi connectivity index (χ4v) is 2.63. The van der Waals surface area contributed by atoms with E-state index in [1.54, 1.807) is 13.2 Å². The van der Waals surface area contributed by atoms with E-state index in [2.05, 4.69) is 26.2 Å². The molecule has 1 rings (SSSR count).